The van der Waals surface area contributed by atoms with Gasteiger partial charge in [-0.15, -0.1) is 11.8 Å². The second-order valence-electron chi connectivity index (χ2n) is 5.73. The predicted molar refractivity (Wildman–Crippen MR) is 73.6 cm³/mol. The second kappa shape index (κ2) is 4.48. The van der Waals surface area contributed by atoms with Gasteiger partial charge in [0.25, 0.3) is 0 Å². The lowest BCUT2D eigenvalue weighted by Gasteiger charge is -2.56. The van der Waals surface area contributed by atoms with Gasteiger partial charge in [0.1, 0.15) is 0 Å². The maximum absolute atomic E-state index is 4.46. The number of hydrogen-bond donors (Lipinski definition) is 0. The van der Waals surface area contributed by atoms with E-state index in [4.69, 9.17) is 0 Å². The SMILES string of the molecule is CSc1cnc(N2CC(C)(C)[C@H]2C(C)C)nc1. The minimum Gasteiger partial charge on any atom is -0.336 e. The van der Waals surface area contributed by atoms with Crippen LogP contribution in [0.4, 0.5) is 5.95 Å². The van der Waals surface area contributed by atoms with Crippen molar-refractivity contribution in [3.63, 3.8) is 0 Å². The van der Waals surface area contributed by atoms with Crippen LogP contribution >= 0.6 is 11.8 Å². The molecule has 1 fully saturated rings. The van der Waals surface area contributed by atoms with E-state index in [0.717, 1.165) is 17.4 Å². The topological polar surface area (TPSA) is 29.0 Å². The molecule has 0 aliphatic carbocycles. The fraction of sp³-hybridized carbons (Fsp3) is 0.692. The van der Waals surface area contributed by atoms with Crippen LogP contribution < -0.4 is 4.90 Å². The molecule has 4 heteroatoms. The van der Waals surface area contributed by atoms with E-state index in [0.29, 0.717) is 17.4 Å². The quantitative estimate of drug-likeness (QED) is 0.772. The lowest BCUT2D eigenvalue weighted by atomic mass is 9.70. The first-order valence-electron chi connectivity index (χ1n) is 6.08. The standard InChI is InChI=1S/C13H21N3S/c1-9(2)11-13(3,4)8-16(11)12-14-6-10(17-5)7-15-12/h6-7,9,11H,8H2,1-5H3/t11-/m1/s1. The van der Waals surface area contributed by atoms with Gasteiger partial charge in [0, 0.05) is 35.3 Å². The Labute approximate surface area is 108 Å². The van der Waals surface area contributed by atoms with Crippen molar-refractivity contribution in [3.05, 3.63) is 12.4 Å². The van der Waals surface area contributed by atoms with Gasteiger partial charge in [-0.1, -0.05) is 27.7 Å². The van der Waals surface area contributed by atoms with Crippen molar-refractivity contribution in [1.82, 2.24) is 9.97 Å². The van der Waals surface area contributed by atoms with Crippen molar-refractivity contribution in [1.29, 1.82) is 0 Å². The third-order valence-corrected chi connectivity index (χ3v) is 4.14. The smallest absolute Gasteiger partial charge is 0.225 e. The molecule has 0 aromatic carbocycles. The van der Waals surface area contributed by atoms with Gasteiger partial charge in [-0.25, -0.2) is 9.97 Å². The maximum atomic E-state index is 4.46. The van der Waals surface area contributed by atoms with Crippen molar-refractivity contribution in [3.8, 4) is 0 Å². The third kappa shape index (κ3) is 2.28. The van der Waals surface area contributed by atoms with Crippen LogP contribution in [0.5, 0.6) is 0 Å². The van der Waals surface area contributed by atoms with Crippen molar-refractivity contribution >= 4 is 17.7 Å². The summed E-state index contributed by atoms with van der Waals surface area (Å²) in [5, 5.41) is 0. The fourth-order valence-corrected chi connectivity index (χ4v) is 3.28. The minimum atomic E-state index is 0.371. The molecule has 2 rings (SSSR count). The van der Waals surface area contributed by atoms with Crippen LogP contribution in [-0.4, -0.2) is 28.8 Å². The van der Waals surface area contributed by atoms with Crippen LogP contribution in [0.15, 0.2) is 17.3 Å². The highest BCUT2D eigenvalue weighted by Gasteiger charge is 2.48. The molecule has 1 aliphatic heterocycles. The molecule has 1 aliphatic rings. The largest absolute Gasteiger partial charge is 0.336 e. The zero-order valence-electron chi connectivity index (χ0n) is 11.3. The molecule has 1 aromatic heterocycles. The average Bonchev–Trinajstić information content (AvgIpc) is 2.25. The number of nitrogens with zero attached hydrogens (tertiary/aromatic N) is 3. The van der Waals surface area contributed by atoms with Gasteiger partial charge in [0.2, 0.25) is 5.95 Å². The number of aromatic nitrogens is 2. The number of hydrogen-bond acceptors (Lipinski definition) is 4. The lowest BCUT2D eigenvalue weighted by Crippen LogP contribution is -2.64. The number of rotatable bonds is 3. The normalized spacial score (nSPS) is 22.7. The average molecular weight is 251 g/mol. The fourth-order valence-electron chi connectivity index (χ4n) is 2.96. The van der Waals surface area contributed by atoms with Crippen molar-refractivity contribution in [2.24, 2.45) is 11.3 Å². The Hall–Kier alpha value is -0.770. The summed E-state index contributed by atoms with van der Waals surface area (Å²) in [5.74, 6) is 1.50. The van der Waals surface area contributed by atoms with Gasteiger partial charge in [-0.2, -0.15) is 0 Å². The predicted octanol–water partition coefficient (Wildman–Crippen LogP) is 3.07. The molecular weight excluding hydrogens is 230 g/mol. The first kappa shape index (κ1) is 12.7. The highest BCUT2D eigenvalue weighted by atomic mass is 32.2. The minimum absolute atomic E-state index is 0.371. The molecule has 0 radical (unpaired) electrons. The van der Waals surface area contributed by atoms with E-state index in [-0.39, 0.29) is 0 Å². The zero-order valence-corrected chi connectivity index (χ0v) is 12.1. The molecule has 0 spiro atoms. The summed E-state index contributed by atoms with van der Waals surface area (Å²) in [5.41, 5.74) is 0.371. The van der Waals surface area contributed by atoms with Crippen molar-refractivity contribution in [2.75, 3.05) is 17.7 Å². The molecule has 3 nitrogen and oxygen atoms in total. The lowest BCUT2D eigenvalue weighted by molar-refractivity contribution is 0.133. The first-order valence-corrected chi connectivity index (χ1v) is 7.31. The van der Waals surface area contributed by atoms with E-state index < -0.39 is 0 Å². The van der Waals surface area contributed by atoms with Crippen LogP contribution in [0.2, 0.25) is 0 Å². The van der Waals surface area contributed by atoms with Gasteiger partial charge in [-0.05, 0) is 12.2 Å². The molecule has 0 unspecified atom stereocenters. The molecule has 1 atom stereocenters. The summed E-state index contributed by atoms with van der Waals surface area (Å²) < 4.78 is 0. The molecule has 1 aromatic rings. The first-order chi connectivity index (χ1) is 7.95. The van der Waals surface area contributed by atoms with E-state index in [2.05, 4.69) is 42.6 Å². The second-order valence-corrected chi connectivity index (χ2v) is 6.61. The Morgan fingerprint density at radius 2 is 1.94 bits per heavy atom. The monoisotopic (exact) mass is 251 g/mol. The Morgan fingerprint density at radius 1 is 1.35 bits per heavy atom. The van der Waals surface area contributed by atoms with Gasteiger partial charge >= 0.3 is 0 Å². The molecule has 0 amide bonds. The summed E-state index contributed by atoms with van der Waals surface area (Å²) in [6.07, 6.45) is 5.87. The number of anilines is 1. The molecule has 0 N–H and O–H groups in total. The molecule has 0 bridgehead atoms. The third-order valence-electron chi connectivity index (χ3n) is 3.45. The van der Waals surface area contributed by atoms with Gasteiger partial charge in [0.05, 0.1) is 0 Å². The Morgan fingerprint density at radius 3 is 2.35 bits per heavy atom. The number of thioether (sulfide) groups is 1. The Balaban J connectivity index is 2.18. The van der Waals surface area contributed by atoms with E-state index in [1.54, 1.807) is 11.8 Å². The summed E-state index contributed by atoms with van der Waals surface area (Å²) in [6, 6.07) is 0.544. The van der Waals surface area contributed by atoms with Crippen LogP contribution in [0.3, 0.4) is 0 Å². The summed E-state index contributed by atoms with van der Waals surface area (Å²) in [6.45, 7) is 10.2. The van der Waals surface area contributed by atoms with Crippen LogP contribution in [0, 0.1) is 11.3 Å². The zero-order chi connectivity index (χ0) is 12.6. The molecular formula is C13H21N3S. The summed E-state index contributed by atoms with van der Waals surface area (Å²) in [4.78, 5) is 12.4. The Bertz CT molecular complexity index is 386. The highest BCUT2D eigenvalue weighted by molar-refractivity contribution is 7.98. The molecule has 1 saturated heterocycles. The van der Waals surface area contributed by atoms with Gasteiger partial charge in [-0.3, -0.25) is 0 Å². The van der Waals surface area contributed by atoms with E-state index >= 15 is 0 Å². The van der Waals surface area contributed by atoms with Gasteiger partial charge in [0.15, 0.2) is 0 Å². The van der Waals surface area contributed by atoms with Crippen molar-refractivity contribution in [2.45, 2.75) is 38.6 Å². The van der Waals surface area contributed by atoms with E-state index in [9.17, 15) is 0 Å². The van der Waals surface area contributed by atoms with Crippen LogP contribution in [0.1, 0.15) is 27.7 Å². The van der Waals surface area contributed by atoms with Crippen molar-refractivity contribution < 1.29 is 0 Å². The summed E-state index contributed by atoms with van der Waals surface area (Å²) >= 11 is 1.68. The van der Waals surface area contributed by atoms with E-state index in [1.165, 1.54) is 0 Å². The van der Waals surface area contributed by atoms with Crippen LogP contribution in [0.25, 0.3) is 0 Å². The van der Waals surface area contributed by atoms with Gasteiger partial charge < -0.3 is 4.90 Å². The molecule has 2 heterocycles. The maximum Gasteiger partial charge on any atom is 0.225 e. The highest BCUT2D eigenvalue weighted by Crippen LogP contribution is 2.42. The summed E-state index contributed by atoms with van der Waals surface area (Å²) in [7, 11) is 0. The van der Waals surface area contributed by atoms with E-state index in [1.807, 2.05) is 18.6 Å². The molecule has 17 heavy (non-hydrogen) atoms. The molecule has 0 saturated carbocycles. The Kier molecular flexibility index (Phi) is 3.34. The molecule has 94 valence electrons. The van der Waals surface area contributed by atoms with Crippen LogP contribution in [-0.2, 0) is 0 Å².